The molecule has 0 spiro atoms. The monoisotopic (exact) mass is 198 g/mol. The topological polar surface area (TPSA) is 119 Å². The normalized spacial score (nSPS) is 11.5. The highest BCUT2D eigenvalue weighted by atomic mass is 16.4. The molecule has 7 N–H and O–H groups in total. The first-order valence-electron chi connectivity index (χ1n) is 3.86. The van der Waals surface area contributed by atoms with Gasteiger partial charge in [0.2, 0.25) is 0 Å². The zero-order valence-corrected chi connectivity index (χ0v) is 7.68. The van der Waals surface area contributed by atoms with Gasteiger partial charge in [0.1, 0.15) is 11.8 Å². The summed E-state index contributed by atoms with van der Waals surface area (Å²) in [5.41, 5.74) is 6.03. The number of carbonyl (C=O) groups is 1. The van der Waals surface area contributed by atoms with Gasteiger partial charge in [0.25, 0.3) is 0 Å². The van der Waals surface area contributed by atoms with Gasteiger partial charge in [0.15, 0.2) is 0 Å². The Labute approximate surface area is 81.8 Å². The summed E-state index contributed by atoms with van der Waals surface area (Å²) in [5, 5.41) is 17.6. The summed E-state index contributed by atoms with van der Waals surface area (Å²) in [6.45, 7) is 0. The highest BCUT2D eigenvalue weighted by Crippen LogP contribution is 2.11. The molecular weight excluding hydrogens is 184 g/mol. The summed E-state index contributed by atoms with van der Waals surface area (Å²) in [4.78, 5) is 10.4. The predicted molar refractivity (Wildman–Crippen MR) is 52.4 cm³/mol. The van der Waals surface area contributed by atoms with Gasteiger partial charge < -0.3 is 22.1 Å². The third-order valence-corrected chi connectivity index (χ3v) is 1.68. The quantitative estimate of drug-likeness (QED) is 0.564. The van der Waals surface area contributed by atoms with Crippen molar-refractivity contribution in [3.63, 3.8) is 0 Å². The molecule has 1 aromatic carbocycles. The lowest BCUT2D eigenvalue weighted by molar-refractivity contribution is -0.138. The molecule has 0 heterocycles. The van der Waals surface area contributed by atoms with E-state index in [2.05, 4.69) is 0 Å². The van der Waals surface area contributed by atoms with Crippen molar-refractivity contribution in [2.24, 2.45) is 5.73 Å². The number of nitrogens with two attached hydrogens (primary N) is 1. The van der Waals surface area contributed by atoms with Crippen molar-refractivity contribution >= 4 is 5.97 Å². The Morgan fingerprint density at radius 1 is 1.50 bits per heavy atom. The number of hydrogen-bond acceptors (Lipinski definition) is 4. The fourth-order valence-corrected chi connectivity index (χ4v) is 1.02. The number of benzene rings is 1. The van der Waals surface area contributed by atoms with E-state index in [1.165, 1.54) is 12.1 Å². The largest absolute Gasteiger partial charge is 0.508 e. The SMILES string of the molecule is N.N[C@@H](Cc1cccc(O)c1)C(=O)O. The van der Waals surface area contributed by atoms with Crippen molar-refractivity contribution in [1.29, 1.82) is 0 Å². The number of hydrogen-bond donors (Lipinski definition) is 4. The van der Waals surface area contributed by atoms with Crippen LogP contribution in [0.1, 0.15) is 5.56 Å². The highest BCUT2D eigenvalue weighted by Gasteiger charge is 2.11. The van der Waals surface area contributed by atoms with Crippen molar-refractivity contribution in [2.45, 2.75) is 12.5 Å². The van der Waals surface area contributed by atoms with Gasteiger partial charge in [-0.2, -0.15) is 0 Å². The third kappa shape index (κ3) is 3.42. The van der Waals surface area contributed by atoms with Crippen LogP contribution in [0.15, 0.2) is 24.3 Å². The van der Waals surface area contributed by atoms with Crippen LogP contribution in [0.5, 0.6) is 5.75 Å². The standard InChI is InChI=1S/C9H11NO3.H3N/c10-8(9(12)13)5-6-2-1-3-7(11)4-6;/h1-4,8,11H,5,10H2,(H,12,13);1H3/t8-;/m0./s1. The average molecular weight is 198 g/mol. The molecule has 0 amide bonds. The fourth-order valence-electron chi connectivity index (χ4n) is 1.02. The number of aliphatic carboxylic acids is 1. The molecule has 0 saturated heterocycles. The minimum absolute atomic E-state index is 0. The number of carboxylic acids is 1. The van der Waals surface area contributed by atoms with E-state index < -0.39 is 12.0 Å². The van der Waals surface area contributed by atoms with E-state index in [1.807, 2.05) is 0 Å². The lowest BCUT2D eigenvalue weighted by Gasteiger charge is -2.05. The Morgan fingerprint density at radius 2 is 2.14 bits per heavy atom. The van der Waals surface area contributed by atoms with Gasteiger partial charge in [-0.15, -0.1) is 0 Å². The molecule has 14 heavy (non-hydrogen) atoms. The summed E-state index contributed by atoms with van der Waals surface area (Å²) < 4.78 is 0. The lowest BCUT2D eigenvalue weighted by Crippen LogP contribution is -2.32. The molecule has 0 aliphatic carbocycles. The third-order valence-electron chi connectivity index (χ3n) is 1.68. The summed E-state index contributed by atoms with van der Waals surface area (Å²) >= 11 is 0. The second-order valence-corrected chi connectivity index (χ2v) is 2.82. The van der Waals surface area contributed by atoms with Crippen LogP contribution in [0.4, 0.5) is 0 Å². The maximum Gasteiger partial charge on any atom is 0.320 e. The van der Waals surface area contributed by atoms with Gasteiger partial charge in [-0.1, -0.05) is 12.1 Å². The van der Waals surface area contributed by atoms with E-state index in [1.54, 1.807) is 12.1 Å². The molecule has 5 nitrogen and oxygen atoms in total. The summed E-state index contributed by atoms with van der Waals surface area (Å²) in [7, 11) is 0. The van der Waals surface area contributed by atoms with Gasteiger partial charge in [-0.3, -0.25) is 4.79 Å². The van der Waals surface area contributed by atoms with Crippen LogP contribution in [0.2, 0.25) is 0 Å². The van der Waals surface area contributed by atoms with E-state index in [-0.39, 0.29) is 18.3 Å². The average Bonchev–Trinajstić information content (AvgIpc) is 2.04. The van der Waals surface area contributed by atoms with E-state index in [4.69, 9.17) is 15.9 Å². The van der Waals surface area contributed by atoms with Crippen LogP contribution in [-0.4, -0.2) is 22.2 Å². The van der Waals surface area contributed by atoms with Crippen molar-refractivity contribution in [2.75, 3.05) is 0 Å². The number of carboxylic acid groups (broad SMARTS) is 1. The zero-order valence-electron chi connectivity index (χ0n) is 7.68. The number of rotatable bonds is 3. The number of aromatic hydroxyl groups is 1. The number of phenols is 1. The Balaban J connectivity index is 0.00000169. The van der Waals surface area contributed by atoms with Crippen LogP contribution < -0.4 is 11.9 Å². The van der Waals surface area contributed by atoms with Crippen molar-refractivity contribution < 1.29 is 15.0 Å². The first kappa shape index (κ1) is 12.4. The second kappa shape index (κ2) is 5.21. The minimum Gasteiger partial charge on any atom is -0.508 e. The van der Waals surface area contributed by atoms with Crippen molar-refractivity contribution in [3.8, 4) is 5.75 Å². The molecule has 1 aromatic rings. The molecule has 0 unspecified atom stereocenters. The van der Waals surface area contributed by atoms with Gasteiger partial charge in [-0.05, 0) is 24.1 Å². The van der Waals surface area contributed by atoms with E-state index in [0.29, 0.717) is 0 Å². The second-order valence-electron chi connectivity index (χ2n) is 2.82. The van der Waals surface area contributed by atoms with Gasteiger partial charge in [0, 0.05) is 0 Å². The Kier molecular flexibility index (Phi) is 4.62. The first-order valence-corrected chi connectivity index (χ1v) is 3.86. The van der Waals surface area contributed by atoms with E-state index in [9.17, 15) is 4.79 Å². The maximum atomic E-state index is 10.4. The fraction of sp³-hybridized carbons (Fsp3) is 0.222. The Hall–Kier alpha value is -1.59. The molecule has 0 aromatic heterocycles. The molecule has 5 heteroatoms. The van der Waals surface area contributed by atoms with Crippen LogP contribution in [0, 0.1) is 0 Å². The summed E-state index contributed by atoms with van der Waals surface area (Å²) in [6.07, 6.45) is 0.226. The van der Waals surface area contributed by atoms with Crippen LogP contribution in [0.25, 0.3) is 0 Å². The van der Waals surface area contributed by atoms with Gasteiger partial charge in [-0.25, -0.2) is 0 Å². The Bertz CT molecular complexity index is 315. The zero-order chi connectivity index (χ0) is 9.84. The van der Waals surface area contributed by atoms with E-state index in [0.717, 1.165) is 5.56 Å². The molecule has 1 rings (SSSR count). The van der Waals surface area contributed by atoms with Crippen molar-refractivity contribution in [3.05, 3.63) is 29.8 Å². The molecule has 0 aliphatic heterocycles. The summed E-state index contributed by atoms with van der Waals surface area (Å²) in [6, 6.07) is 5.49. The van der Waals surface area contributed by atoms with E-state index >= 15 is 0 Å². The molecule has 78 valence electrons. The smallest absolute Gasteiger partial charge is 0.320 e. The molecule has 1 atom stereocenters. The van der Waals surface area contributed by atoms with Gasteiger partial charge >= 0.3 is 5.97 Å². The van der Waals surface area contributed by atoms with Crippen LogP contribution in [-0.2, 0) is 11.2 Å². The molecule has 0 aliphatic rings. The first-order chi connectivity index (χ1) is 6.09. The predicted octanol–water partition coefficient (Wildman–Crippen LogP) is 0.509. The minimum atomic E-state index is -1.04. The van der Waals surface area contributed by atoms with Gasteiger partial charge in [0.05, 0.1) is 0 Å². The van der Waals surface area contributed by atoms with Crippen molar-refractivity contribution in [1.82, 2.24) is 6.15 Å². The molecule has 0 fully saturated rings. The van der Waals surface area contributed by atoms with Crippen LogP contribution >= 0.6 is 0 Å². The molecular formula is C9H14N2O3. The number of phenolic OH excluding ortho intramolecular Hbond substituents is 1. The maximum absolute atomic E-state index is 10.4. The molecule has 0 radical (unpaired) electrons. The Morgan fingerprint density at radius 3 is 2.64 bits per heavy atom. The highest BCUT2D eigenvalue weighted by molar-refractivity contribution is 5.73. The molecule has 0 saturated carbocycles. The summed E-state index contributed by atoms with van der Waals surface area (Å²) in [5.74, 6) is -0.918. The van der Waals surface area contributed by atoms with Crippen LogP contribution in [0.3, 0.4) is 0 Å². The molecule has 0 bridgehead atoms. The lowest BCUT2D eigenvalue weighted by atomic mass is 10.1.